The highest BCUT2D eigenvalue weighted by Gasteiger charge is 2.61. The summed E-state index contributed by atoms with van der Waals surface area (Å²) < 4.78 is 143. The van der Waals surface area contributed by atoms with Crippen LogP contribution in [0.5, 0.6) is 0 Å². The number of phosphoric acid groups is 1. The van der Waals surface area contributed by atoms with Gasteiger partial charge in [-0.15, -0.1) is 0 Å². The minimum absolute atomic E-state index is 0.00987. The van der Waals surface area contributed by atoms with Crippen LogP contribution in [0.25, 0.3) is 0 Å². The highest BCUT2D eigenvalue weighted by molar-refractivity contribution is 7.48. The molecule has 0 radical (unpaired) electrons. The summed E-state index contributed by atoms with van der Waals surface area (Å²) in [5, 5.41) is 0. The van der Waals surface area contributed by atoms with Gasteiger partial charge in [-0.1, -0.05) is 273 Å². The number of hydrogen-bond acceptors (Lipinski definition) is 19. The van der Waals surface area contributed by atoms with E-state index in [0.717, 1.165) is 38.9 Å². The van der Waals surface area contributed by atoms with Crippen molar-refractivity contribution in [2.24, 2.45) is 0 Å². The maximum Gasteiger partial charge on any atom is 0.477 e. The van der Waals surface area contributed by atoms with Crippen LogP contribution in [0, 0.1) is 0 Å². The predicted molar refractivity (Wildman–Crippen MR) is 367 cm³/mol. The maximum absolute atomic E-state index is 16.0. The minimum Gasteiger partial charge on any atom is -0.368 e. The Morgan fingerprint density at radius 1 is 0.277 bits per heavy atom. The van der Waals surface area contributed by atoms with E-state index in [1.807, 2.05) is 273 Å². The van der Waals surface area contributed by atoms with Crippen molar-refractivity contribution in [1.82, 2.24) is 0 Å². The second kappa shape index (κ2) is 33.7. The third kappa shape index (κ3) is 17.4. The number of phosphoric ester groups is 1. The lowest BCUT2D eigenvalue weighted by Crippen LogP contribution is -2.69. The van der Waals surface area contributed by atoms with E-state index < -0.39 is 119 Å². The van der Waals surface area contributed by atoms with Crippen LogP contribution in [-0.2, 0) is 129 Å². The minimum atomic E-state index is -4.75. The Kier molecular flexibility index (Phi) is 23.1. The summed E-state index contributed by atoms with van der Waals surface area (Å²) in [6, 6.07) is 87.0. The van der Waals surface area contributed by atoms with Crippen molar-refractivity contribution in [3.05, 3.63) is 323 Å². The first-order valence-corrected chi connectivity index (χ1v) is 35.9. The molecule has 19 nitrogen and oxygen atoms in total. The van der Waals surface area contributed by atoms with Gasteiger partial charge in [0.05, 0.1) is 59.5 Å². The Morgan fingerprint density at radius 2 is 0.525 bits per heavy atom. The molecule has 6 heterocycles. The molecule has 18 atom stereocenters. The number of rotatable bonds is 27. The molecule has 0 spiro atoms. The summed E-state index contributed by atoms with van der Waals surface area (Å²) in [4.78, 5) is 0. The molecule has 5 unspecified atom stereocenters. The van der Waals surface area contributed by atoms with Crippen LogP contribution in [0.4, 0.5) is 0 Å². The molecular formula is C81H81O19P. The number of benzene rings is 9. The van der Waals surface area contributed by atoms with Gasteiger partial charge in [-0.25, -0.2) is 4.57 Å². The molecule has 0 bridgehead atoms. The molecule has 0 aliphatic carbocycles. The molecule has 6 fully saturated rings. The molecule has 15 rings (SSSR count). The van der Waals surface area contributed by atoms with Gasteiger partial charge in [0.25, 0.3) is 0 Å². The molecule has 6 saturated heterocycles. The van der Waals surface area contributed by atoms with Gasteiger partial charge < -0.3 is 71.1 Å². The van der Waals surface area contributed by atoms with Crippen molar-refractivity contribution in [2.45, 2.75) is 151 Å². The highest BCUT2D eigenvalue weighted by atomic mass is 31.2. The van der Waals surface area contributed by atoms with E-state index in [4.69, 9.17) is 84.6 Å². The summed E-state index contributed by atoms with van der Waals surface area (Å²) in [6.45, 7) is 0.163. The van der Waals surface area contributed by atoms with Crippen LogP contribution in [0.3, 0.4) is 0 Å². The Labute approximate surface area is 587 Å². The SMILES string of the molecule is O=P(OCc1ccccc1)(OCc1ccccc1)O[C@@H]1O[C@@H]2COC(c3ccccc3)O[C@H]2[C@H](OCc2ccccc2)[C@@H]1OC1O[C@@H]2COC(c3ccccc3)O[C@H]2[C@H](OCc2ccccc2)[C@@H]1OC1O[C@@H]2COC(c3ccccc3)O[C@H]2[C@H](OCc2ccccc2)[C@@H]1OCc1ccccc1. The van der Waals surface area contributed by atoms with E-state index in [1.165, 1.54) is 0 Å². The zero-order chi connectivity index (χ0) is 68.0. The van der Waals surface area contributed by atoms with Crippen molar-refractivity contribution in [1.29, 1.82) is 0 Å². The Morgan fingerprint density at radius 3 is 0.842 bits per heavy atom. The van der Waals surface area contributed by atoms with E-state index >= 15 is 4.57 Å². The highest BCUT2D eigenvalue weighted by Crippen LogP contribution is 2.55. The largest absolute Gasteiger partial charge is 0.477 e. The second-order valence-corrected chi connectivity index (χ2v) is 27.1. The molecule has 101 heavy (non-hydrogen) atoms. The summed E-state index contributed by atoms with van der Waals surface area (Å²) >= 11 is 0. The van der Waals surface area contributed by atoms with E-state index in [-0.39, 0.29) is 59.5 Å². The topological polar surface area (TPSA) is 183 Å². The van der Waals surface area contributed by atoms with Gasteiger partial charge in [0.15, 0.2) is 37.7 Å². The van der Waals surface area contributed by atoms with Crippen LogP contribution in [0.15, 0.2) is 273 Å². The summed E-state index contributed by atoms with van der Waals surface area (Å²) in [5.41, 5.74) is 7.26. The number of fused-ring (bicyclic) bond motifs is 3. The average molecular weight is 1390 g/mol. The zero-order valence-corrected chi connectivity index (χ0v) is 56.3. The van der Waals surface area contributed by atoms with Gasteiger partial charge in [0, 0.05) is 16.7 Å². The quantitative estimate of drug-likeness (QED) is 0.0443. The van der Waals surface area contributed by atoms with Crippen molar-refractivity contribution < 1.29 is 89.2 Å². The average Bonchev–Trinajstić information content (AvgIpc) is 0.759. The fourth-order valence-corrected chi connectivity index (χ4v) is 14.6. The zero-order valence-electron chi connectivity index (χ0n) is 55.4. The fraction of sp³-hybridized carbons (Fsp3) is 0.333. The lowest BCUT2D eigenvalue weighted by molar-refractivity contribution is -0.429. The molecule has 0 amide bonds. The monoisotopic (exact) mass is 1390 g/mol. The van der Waals surface area contributed by atoms with Crippen LogP contribution < -0.4 is 0 Å². The third-order valence-electron chi connectivity index (χ3n) is 18.5. The first-order chi connectivity index (χ1) is 49.9. The lowest BCUT2D eigenvalue weighted by atomic mass is 9.94. The number of hydrogen-bond donors (Lipinski definition) is 0. The molecule has 0 aromatic heterocycles. The van der Waals surface area contributed by atoms with E-state index in [9.17, 15) is 0 Å². The van der Waals surface area contributed by atoms with Crippen molar-refractivity contribution in [3.8, 4) is 0 Å². The lowest BCUT2D eigenvalue weighted by Gasteiger charge is -2.54. The Hall–Kier alpha value is -7.51. The molecule has 6 aliphatic heterocycles. The van der Waals surface area contributed by atoms with Gasteiger partial charge in [-0.2, -0.15) is 0 Å². The van der Waals surface area contributed by atoms with E-state index in [2.05, 4.69) is 0 Å². The van der Waals surface area contributed by atoms with Crippen molar-refractivity contribution >= 4 is 7.82 Å². The Balaban J connectivity index is 0.858. The summed E-state index contributed by atoms with van der Waals surface area (Å²) in [6.07, 6.45) is -19.2. The Bertz CT molecular complexity index is 3930. The van der Waals surface area contributed by atoms with Gasteiger partial charge >= 0.3 is 7.82 Å². The normalized spacial score (nSPS) is 29.5. The molecule has 0 N–H and O–H groups in total. The fourth-order valence-electron chi connectivity index (χ4n) is 13.4. The predicted octanol–water partition coefficient (Wildman–Crippen LogP) is 14.2. The number of ether oxygens (including phenoxy) is 15. The van der Waals surface area contributed by atoms with E-state index in [0.29, 0.717) is 11.1 Å². The molecular weight excluding hydrogens is 1310 g/mol. The molecule has 9 aromatic rings. The van der Waals surface area contributed by atoms with E-state index in [1.54, 1.807) is 0 Å². The standard InChI is InChI=1S/C81H81O19P/c82-101(90-50-59-36-18-5-19-37-59,91-51-60-38-20-6-21-39-60)100-81-75(72(85-48-57-32-14-3-15-33-57)69-66(94-81)54-89-78(97-69)63-44-26-9-27-45-63)99-80-74(71(84-47-56-30-12-2-13-31-56)68-65(93-80)53-88-77(96-68)62-42-24-8-25-43-62)98-79-73(86-49-58-34-16-4-17-35-58)70(83-46-55-28-10-1-11-29-55)67-64(92-79)52-87-76(95-67)61-40-22-7-23-41-61/h1-45,64-81H,46-54H2/t64-,65-,66-,67-,68-,69-,70+,71+,72+,73+,74+,75+,76?,77?,78?,79?,80?,81+/m1/s1. The maximum atomic E-state index is 16.0. The third-order valence-corrected chi connectivity index (χ3v) is 19.8. The van der Waals surface area contributed by atoms with Gasteiger partial charge in [-0.3, -0.25) is 13.6 Å². The molecule has 524 valence electrons. The molecule has 20 heteroatoms. The molecule has 0 saturated carbocycles. The van der Waals surface area contributed by atoms with Crippen LogP contribution in [-0.4, -0.2) is 112 Å². The smallest absolute Gasteiger partial charge is 0.368 e. The van der Waals surface area contributed by atoms with Gasteiger partial charge in [-0.05, 0) is 33.4 Å². The van der Waals surface area contributed by atoms with Gasteiger partial charge in [0.2, 0.25) is 0 Å². The van der Waals surface area contributed by atoms with Crippen LogP contribution >= 0.6 is 7.82 Å². The molecule has 9 aromatic carbocycles. The first-order valence-electron chi connectivity index (χ1n) is 34.4. The van der Waals surface area contributed by atoms with Crippen LogP contribution in [0.1, 0.15) is 68.9 Å². The van der Waals surface area contributed by atoms with Crippen LogP contribution in [0.2, 0.25) is 0 Å². The summed E-state index contributed by atoms with van der Waals surface area (Å²) in [5.74, 6) is 0. The molecule has 6 aliphatic rings. The van der Waals surface area contributed by atoms with Crippen molar-refractivity contribution in [2.75, 3.05) is 19.8 Å². The summed E-state index contributed by atoms with van der Waals surface area (Å²) in [7, 11) is -4.75. The van der Waals surface area contributed by atoms with Crippen molar-refractivity contribution in [3.63, 3.8) is 0 Å². The second-order valence-electron chi connectivity index (χ2n) is 25.5. The van der Waals surface area contributed by atoms with Gasteiger partial charge in [0.1, 0.15) is 73.2 Å². The first kappa shape index (κ1) is 69.2.